The van der Waals surface area contributed by atoms with Crippen LogP contribution < -0.4 is 0 Å². The predicted molar refractivity (Wildman–Crippen MR) is 77.8 cm³/mol. The van der Waals surface area contributed by atoms with Crippen molar-refractivity contribution in [3.63, 3.8) is 0 Å². The molecular weight excluding hydrogens is 286 g/mol. The van der Waals surface area contributed by atoms with Gasteiger partial charge in [-0.2, -0.15) is 0 Å². The number of rotatable bonds is 3. The maximum Gasteiger partial charge on any atom is 0.305 e. The highest BCUT2D eigenvalue weighted by molar-refractivity contribution is 5.93. The Morgan fingerprint density at radius 3 is 3.09 bits per heavy atom. The number of fused-ring (bicyclic) bond motifs is 1. The van der Waals surface area contributed by atoms with E-state index in [1.54, 1.807) is 15.5 Å². The summed E-state index contributed by atoms with van der Waals surface area (Å²) in [6.07, 6.45) is 3.39. The molecule has 0 aliphatic carbocycles. The number of morpholine rings is 1. The standard InChI is InChI=1S/C15H17N3O4/c1-10-2-3-17-8-12(16-13(17)6-10)15(21)18-4-5-22-9-11(18)7-14(19)20/h2-3,6,8,11H,4-5,7,9H2,1H3,(H,19,20). The van der Waals surface area contributed by atoms with Crippen LogP contribution in [0.15, 0.2) is 24.5 Å². The molecule has 0 bridgehead atoms. The lowest BCUT2D eigenvalue weighted by Crippen LogP contribution is -2.49. The lowest BCUT2D eigenvalue weighted by Gasteiger charge is -2.34. The van der Waals surface area contributed by atoms with Crippen LogP contribution >= 0.6 is 0 Å². The molecule has 3 heterocycles. The molecule has 0 saturated carbocycles. The maximum absolute atomic E-state index is 12.6. The highest BCUT2D eigenvalue weighted by atomic mass is 16.5. The number of carbonyl (C=O) groups excluding carboxylic acids is 1. The number of pyridine rings is 1. The Balaban J connectivity index is 1.87. The molecule has 2 aromatic heterocycles. The summed E-state index contributed by atoms with van der Waals surface area (Å²) in [6, 6.07) is 3.38. The van der Waals surface area contributed by atoms with Crippen molar-refractivity contribution in [3.8, 4) is 0 Å². The number of aryl methyl sites for hydroxylation is 1. The summed E-state index contributed by atoms with van der Waals surface area (Å²) in [5.41, 5.74) is 2.08. The van der Waals surface area contributed by atoms with Crippen LogP contribution in [-0.4, -0.2) is 57.1 Å². The van der Waals surface area contributed by atoms with E-state index in [-0.39, 0.29) is 18.9 Å². The van der Waals surface area contributed by atoms with E-state index in [9.17, 15) is 9.59 Å². The number of aliphatic carboxylic acids is 1. The molecule has 1 aliphatic heterocycles. The van der Waals surface area contributed by atoms with Crippen LogP contribution in [0.2, 0.25) is 0 Å². The van der Waals surface area contributed by atoms with Gasteiger partial charge in [0, 0.05) is 18.9 Å². The van der Waals surface area contributed by atoms with Crippen LogP contribution in [0.4, 0.5) is 0 Å². The number of imidazole rings is 1. The van der Waals surface area contributed by atoms with Crippen molar-refractivity contribution < 1.29 is 19.4 Å². The minimum absolute atomic E-state index is 0.127. The van der Waals surface area contributed by atoms with Crippen molar-refractivity contribution in [3.05, 3.63) is 35.8 Å². The molecule has 0 radical (unpaired) electrons. The molecule has 0 aromatic carbocycles. The Bertz CT molecular complexity index is 725. The first kappa shape index (κ1) is 14.5. The number of nitrogens with zero attached hydrogens (tertiary/aromatic N) is 3. The van der Waals surface area contributed by atoms with Crippen LogP contribution in [0.5, 0.6) is 0 Å². The predicted octanol–water partition coefficient (Wildman–Crippen LogP) is 0.958. The first-order valence-electron chi connectivity index (χ1n) is 7.10. The quantitative estimate of drug-likeness (QED) is 0.913. The minimum atomic E-state index is -0.945. The van der Waals surface area contributed by atoms with E-state index in [0.29, 0.717) is 24.5 Å². The Labute approximate surface area is 127 Å². The lowest BCUT2D eigenvalue weighted by atomic mass is 10.1. The molecular formula is C15H17N3O4. The number of hydrogen-bond donors (Lipinski definition) is 1. The van der Waals surface area contributed by atoms with Gasteiger partial charge in [-0.15, -0.1) is 0 Å². The Morgan fingerprint density at radius 2 is 2.32 bits per heavy atom. The average Bonchev–Trinajstić information content (AvgIpc) is 2.89. The van der Waals surface area contributed by atoms with Crippen molar-refractivity contribution in [1.82, 2.24) is 14.3 Å². The number of carboxylic acid groups (broad SMARTS) is 1. The zero-order valence-corrected chi connectivity index (χ0v) is 12.2. The molecule has 7 nitrogen and oxygen atoms in total. The van der Waals surface area contributed by atoms with Gasteiger partial charge >= 0.3 is 5.97 Å². The summed E-state index contributed by atoms with van der Waals surface area (Å²) >= 11 is 0. The number of ether oxygens (including phenoxy) is 1. The van der Waals surface area contributed by atoms with E-state index >= 15 is 0 Å². The molecule has 7 heteroatoms. The molecule has 22 heavy (non-hydrogen) atoms. The summed E-state index contributed by atoms with van der Waals surface area (Å²) in [5.74, 6) is -1.20. The van der Waals surface area contributed by atoms with Gasteiger partial charge in [-0.25, -0.2) is 4.98 Å². The molecule has 1 fully saturated rings. The molecule has 0 spiro atoms. The van der Waals surface area contributed by atoms with Crippen LogP contribution in [-0.2, 0) is 9.53 Å². The van der Waals surface area contributed by atoms with E-state index in [2.05, 4.69) is 4.98 Å². The molecule has 3 rings (SSSR count). The van der Waals surface area contributed by atoms with E-state index in [4.69, 9.17) is 9.84 Å². The first-order chi connectivity index (χ1) is 10.5. The normalized spacial score (nSPS) is 18.6. The number of carboxylic acids is 1. The van der Waals surface area contributed by atoms with Crippen LogP contribution in [0.1, 0.15) is 22.5 Å². The molecule has 1 amide bonds. The molecule has 1 N–H and O–H groups in total. The fourth-order valence-corrected chi connectivity index (χ4v) is 2.63. The van der Waals surface area contributed by atoms with Gasteiger partial charge in [-0.3, -0.25) is 9.59 Å². The summed E-state index contributed by atoms with van der Waals surface area (Å²) in [5, 5.41) is 8.97. The van der Waals surface area contributed by atoms with Gasteiger partial charge in [0.25, 0.3) is 5.91 Å². The van der Waals surface area contributed by atoms with Gasteiger partial charge < -0.3 is 19.1 Å². The van der Waals surface area contributed by atoms with Crippen molar-refractivity contribution >= 4 is 17.5 Å². The van der Waals surface area contributed by atoms with Crippen molar-refractivity contribution in [1.29, 1.82) is 0 Å². The van der Waals surface area contributed by atoms with Crippen LogP contribution in [0, 0.1) is 6.92 Å². The Hall–Kier alpha value is -2.41. The average molecular weight is 303 g/mol. The number of amides is 1. The maximum atomic E-state index is 12.6. The summed E-state index contributed by atoms with van der Waals surface area (Å²) in [6.45, 7) is 2.99. The summed E-state index contributed by atoms with van der Waals surface area (Å²) in [7, 11) is 0. The van der Waals surface area contributed by atoms with E-state index in [1.165, 1.54) is 0 Å². The van der Waals surface area contributed by atoms with Gasteiger partial charge in [0.2, 0.25) is 0 Å². The summed E-state index contributed by atoms with van der Waals surface area (Å²) < 4.78 is 7.08. The molecule has 2 aromatic rings. The SMILES string of the molecule is Cc1ccn2cc(C(=O)N3CCOCC3CC(=O)O)nc2c1. The van der Waals surface area contributed by atoms with Crippen molar-refractivity contribution in [2.24, 2.45) is 0 Å². The summed E-state index contributed by atoms with van der Waals surface area (Å²) in [4.78, 5) is 29.5. The van der Waals surface area contributed by atoms with Crippen molar-refractivity contribution in [2.45, 2.75) is 19.4 Å². The van der Waals surface area contributed by atoms with Gasteiger partial charge in [-0.05, 0) is 24.6 Å². The van der Waals surface area contributed by atoms with Gasteiger partial charge in [0.15, 0.2) is 0 Å². The van der Waals surface area contributed by atoms with E-state index < -0.39 is 12.0 Å². The third-order valence-electron chi connectivity index (χ3n) is 3.73. The molecule has 1 saturated heterocycles. The second-order valence-electron chi connectivity index (χ2n) is 5.42. The molecule has 1 unspecified atom stereocenters. The van der Waals surface area contributed by atoms with E-state index in [0.717, 1.165) is 5.56 Å². The number of hydrogen-bond acceptors (Lipinski definition) is 4. The highest BCUT2D eigenvalue weighted by Crippen LogP contribution is 2.16. The van der Waals surface area contributed by atoms with E-state index in [1.807, 2.05) is 25.3 Å². The second kappa shape index (κ2) is 5.76. The lowest BCUT2D eigenvalue weighted by molar-refractivity contribution is -0.139. The topological polar surface area (TPSA) is 84.1 Å². The first-order valence-corrected chi connectivity index (χ1v) is 7.10. The van der Waals surface area contributed by atoms with Gasteiger partial charge in [-0.1, -0.05) is 0 Å². The van der Waals surface area contributed by atoms with Gasteiger partial charge in [0.05, 0.1) is 25.7 Å². The zero-order valence-electron chi connectivity index (χ0n) is 12.2. The fraction of sp³-hybridized carbons (Fsp3) is 0.400. The molecule has 1 atom stereocenters. The van der Waals surface area contributed by atoms with Crippen molar-refractivity contribution in [2.75, 3.05) is 19.8 Å². The van der Waals surface area contributed by atoms with Crippen LogP contribution in [0.25, 0.3) is 5.65 Å². The molecule has 1 aliphatic rings. The minimum Gasteiger partial charge on any atom is -0.481 e. The van der Waals surface area contributed by atoms with Gasteiger partial charge in [0.1, 0.15) is 11.3 Å². The zero-order chi connectivity index (χ0) is 15.7. The second-order valence-corrected chi connectivity index (χ2v) is 5.42. The Kier molecular flexibility index (Phi) is 3.81. The monoisotopic (exact) mass is 303 g/mol. The highest BCUT2D eigenvalue weighted by Gasteiger charge is 2.30. The number of carbonyl (C=O) groups is 2. The Morgan fingerprint density at radius 1 is 1.50 bits per heavy atom. The fourth-order valence-electron chi connectivity index (χ4n) is 2.63. The molecule has 116 valence electrons. The smallest absolute Gasteiger partial charge is 0.305 e. The third kappa shape index (κ3) is 2.80. The third-order valence-corrected chi connectivity index (χ3v) is 3.73. The largest absolute Gasteiger partial charge is 0.481 e. The van der Waals surface area contributed by atoms with Crippen LogP contribution in [0.3, 0.4) is 0 Å². The number of aromatic nitrogens is 2.